The number of carbonyl (C=O) groups is 1. The number of amides is 1. The molecule has 4 rings (SSSR count). The van der Waals surface area contributed by atoms with Gasteiger partial charge in [-0.05, 0) is 30.3 Å². The van der Waals surface area contributed by atoms with Crippen LogP contribution in [0.15, 0.2) is 52.3 Å². The van der Waals surface area contributed by atoms with Crippen molar-refractivity contribution in [3.8, 4) is 22.8 Å². The third kappa shape index (κ3) is 3.29. The monoisotopic (exact) mass is 398 g/mol. The fourth-order valence-electron chi connectivity index (χ4n) is 2.76. The predicted octanol–water partition coefficient (Wildman–Crippen LogP) is 4.96. The Kier molecular flexibility index (Phi) is 4.70. The number of aromatic nitrogens is 1. The van der Waals surface area contributed by atoms with Crippen LogP contribution < -0.4 is 14.8 Å². The smallest absolute Gasteiger partial charge is 0.293 e. The molecule has 4 aromatic rings. The molecule has 2 aromatic carbocycles. The minimum Gasteiger partial charge on any atom is -0.494 e. The summed E-state index contributed by atoms with van der Waals surface area (Å²) in [7, 11) is 2.94. The zero-order valence-corrected chi connectivity index (χ0v) is 15.8. The molecule has 6 nitrogen and oxygen atoms in total. The van der Waals surface area contributed by atoms with Crippen molar-refractivity contribution in [1.29, 1.82) is 0 Å². The number of anilines is 1. The Morgan fingerprint density at radius 2 is 1.96 bits per heavy atom. The van der Waals surface area contributed by atoms with Crippen molar-refractivity contribution in [3.63, 3.8) is 0 Å². The highest BCUT2D eigenvalue weighted by atomic mass is 32.1. The molecule has 0 saturated carbocycles. The predicted molar refractivity (Wildman–Crippen MR) is 105 cm³/mol. The average molecular weight is 398 g/mol. The second kappa shape index (κ2) is 7.32. The number of ether oxygens (including phenoxy) is 2. The molecule has 8 heteroatoms. The number of hydrogen-bond acceptors (Lipinski definition) is 6. The first kappa shape index (κ1) is 18.0. The minimum absolute atomic E-state index is 0.145. The molecule has 0 radical (unpaired) electrons. The Balaban J connectivity index is 1.55. The summed E-state index contributed by atoms with van der Waals surface area (Å²) in [6.45, 7) is 0. The standard InChI is InChI=1S/C20H15FN2O4S/c1-25-15-7-6-11(8-13(15)21)14-10-28-20(22-14)23-19(24)17-9-12-4-3-5-16(26-2)18(12)27-17/h3-10H,1-2H3,(H,22,23,24). The summed E-state index contributed by atoms with van der Waals surface area (Å²) in [6, 6.07) is 11.6. The first-order valence-corrected chi connectivity index (χ1v) is 9.14. The van der Waals surface area contributed by atoms with E-state index in [1.54, 1.807) is 23.6 Å². The molecule has 0 fully saturated rings. The molecule has 0 aliphatic rings. The molecule has 1 N–H and O–H groups in total. The van der Waals surface area contributed by atoms with Gasteiger partial charge in [0.25, 0.3) is 5.91 Å². The Labute approximate surface area is 163 Å². The molecule has 142 valence electrons. The topological polar surface area (TPSA) is 73.6 Å². The molecule has 0 saturated heterocycles. The van der Waals surface area contributed by atoms with Crippen LogP contribution in [0.5, 0.6) is 11.5 Å². The van der Waals surface area contributed by atoms with Crippen molar-refractivity contribution >= 4 is 33.3 Å². The molecule has 2 aromatic heterocycles. The van der Waals surface area contributed by atoms with E-state index >= 15 is 0 Å². The number of hydrogen-bond donors (Lipinski definition) is 1. The van der Waals surface area contributed by atoms with E-state index in [2.05, 4.69) is 10.3 Å². The summed E-state index contributed by atoms with van der Waals surface area (Å²) in [4.78, 5) is 16.9. The van der Waals surface area contributed by atoms with Gasteiger partial charge in [-0.2, -0.15) is 0 Å². The first-order chi connectivity index (χ1) is 13.6. The van der Waals surface area contributed by atoms with E-state index in [0.29, 0.717) is 27.7 Å². The SMILES string of the molecule is COc1ccc(-c2csc(NC(=O)c3cc4cccc(OC)c4o3)n2)cc1F. The van der Waals surface area contributed by atoms with Crippen LogP contribution in [0.4, 0.5) is 9.52 Å². The number of furan rings is 1. The second-order valence-electron chi connectivity index (χ2n) is 5.83. The normalized spacial score (nSPS) is 10.8. The van der Waals surface area contributed by atoms with Gasteiger partial charge in [-0.1, -0.05) is 12.1 Å². The first-order valence-electron chi connectivity index (χ1n) is 8.26. The molecule has 0 aliphatic heterocycles. The number of para-hydroxylation sites is 1. The number of fused-ring (bicyclic) bond motifs is 1. The zero-order chi connectivity index (χ0) is 19.7. The van der Waals surface area contributed by atoms with Crippen molar-refractivity contribution in [3.05, 3.63) is 59.4 Å². The van der Waals surface area contributed by atoms with Gasteiger partial charge >= 0.3 is 0 Å². The average Bonchev–Trinajstić information content (AvgIpc) is 3.34. The molecular formula is C20H15FN2O4S. The molecule has 0 aliphatic carbocycles. The maximum Gasteiger partial charge on any atom is 0.293 e. The van der Waals surface area contributed by atoms with Crippen molar-refractivity contribution in [2.24, 2.45) is 0 Å². The van der Waals surface area contributed by atoms with Crippen LogP contribution in [0, 0.1) is 5.82 Å². The van der Waals surface area contributed by atoms with Gasteiger partial charge in [0.05, 0.1) is 19.9 Å². The molecule has 1 amide bonds. The van der Waals surface area contributed by atoms with Crippen molar-refractivity contribution < 1.29 is 23.1 Å². The Hall–Kier alpha value is -3.39. The largest absolute Gasteiger partial charge is 0.494 e. The maximum absolute atomic E-state index is 13.9. The van der Waals surface area contributed by atoms with Gasteiger partial charge in [0.2, 0.25) is 0 Å². The Morgan fingerprint density at radius 1 is 1.14 bits per heavy atom. The zero-order valence-electron chi connectivity index (χ0n) is 15.0. The highest BCUT2D eigenvalue weighted by Gasteiger charge is 2.17. The molecular weight excluding hydrogens is 383 g/mol. The molecule has 0 spiro atoms. The molecule has 0 bridgehead atoms. The summed E-state index contributed by atoms with van der Waals surface area (Å²) >= 11 is 1.23. The van der Waals surface area contributed by atoms with E-state index in [-0.39, 0.29) is 11.5 Å². The molecule has 28 heavy (non-hydrogen) atoms. The quantitative estimate of drug-likeness (QED) is 0.514. The lowest BCUT2D eigenvalue weighted by atomic mass is 10.1. The van der Waals surface area contributed by atoms with Gasteiger partial charge in [-0.25, -0.2) is 9.37 Å². The Morgan fingerprint density at radius 3 is 2.71 bits per heavy atom. The van der Waals surface area contributed by atoms with Crippen molar-refractivity contribution in [2.45, 2.75) is 0 Å². The van der Waals surface area contributed by atoms with Crippen molar-refractivity contribution in [2.75, 3.05) is 19.5 Å². The Bertz CT molecular complexity index is 1170. The van der Waals surface area contributed by atoms with Crippen LogP contribution >= 0.6 is 11.3 Å². The van der Waals surface area contributed by atoms with E-state index in [4.69, 9.17) is 13.9 Å². The second-order valence-corrected chi connectivity index (χ2v) is 6.69. The number of methoxy groups -OCH3 is 2. The number of nitrogens with one attached hydrogen (secondary N) is 1. The highest BCUT2D eigenvalue weighted by Crippen LogP contribution is 2.30. The number of benzene rings is 2. The number of halogens is 1. The highest BCUT2D eigenvalue weighted by molar-refractivity contribution is 7.14. The summed E-state index contributed by atoms with van der Waals surface area (Å²) < 4.78 is 29.7. The fraction of sp³-hybridized carbons (Fsp3) is 0.100. The van der Waals surface area contributed by atoms with Crippen molar-refractivity contribution in [1.82, 2.24) is 4.98 Å². The number of nitrogens with zero attached hydrogens (tertiary/aromatic N) is 1. The lowest BCUT2D eigenvalue weighted by Gasteiger charge is -2.03. The summed E-state index contributed by atoms with van der Waals surface area (Å²) in [5.74, 6) is -0.0518. The molecule has 2 heterocycles. The van der Waals surface area contributed by atoms with E-state index in [0.717, 1.165) is 5.39 Å². The van der Waals surface area contributed by atoms with E-state index in [9.17, 15) is 9.18 Å². The van der Waals surface area contributed by atoms with Gasteiger partial charge in [-0.3, -0.25) is 10.1 Å². The van der Waals surface area contributed by atoms with Gasteiger partial charge < -0.3 is 13.9 Å². The van der Waals surface area contributed by atoms with Crippen LogP contribution in [-0.4, -0.2) is 25.1 Å². The van der Waals surface area contributed by atoms with E-state index in [1.807, 2.05) is 12.1 Å². The lowest BCUT2D eigenvalue weighted by molar-refractivity contribution is 0.0998. The van der Waals surface area contributed by atoms with Crippen LogP contribution in [0.25, 0.3) is 22.2 Å². The third-order valence-corrected chi connectivity index (χ3v) is 4.88. The fourth-order valence-corrected chi connectivity index (χ4v) is 3.47. The number of thiazole rings is 1. The van der Waals surface area contributed by atoms with Crippen LogP contribution in [0.3, 0.4) is 0 Å². The van der Waals surface area contributed by atoms with Crippen LogP contribution in [0.1, 0.15) is 10.6 Å². The summed E-state index contributed by atoms with van der Waals surface area (Å²) in [5.41, 5.74) is 1.64. The lowest BCUT2D eigenvalue weighted by Crippen LogP contribution is -2.10. The third-order valence-electron chi connectivity index (χ3n) is 4.12. The number of rotatable bonds is 5. The van der Waals surface area contributed by atoms with Gasteiger partial charge in [0.1, 0.15) is 0 Å². The van der Waals surface area contributed by atoms with Gasteiger partial charge in [0.15, 0.2) is 33.8 Å². The van der Waals surface area contributed by atoms with Crippen LogP contribution in [0.2, 0.25) is 0 Å². The minimum atomic E-state index is -0.477. The van der Waals surface area contributed by atoms with E-state index < -0.39 is 11.7 Å². The molecule has 0 atom stereocenters. The van der Waals surface area contributed by atoms with Crippen LogP contribution in [-0.2, 0) is 0 Å². The summed E-state index contributed by atoms with van der Waals surface area (Å²) in [5, 5.41) is 5.57. The summed E-state index contributed by atoms with van der Waals surface area (Å²) in [6.07, 6.45) is 0. The molecule has 0 unspecified atom stereocenters. The van der Waals surface area contributed by atoms with E-state index in [1.165, 1.54) is 37.7 Å². The van der Waals surface area contributed by atoms with Gasteiger partial charge in [0, 0.05) is 16.3 Å². The number of carbonyl (C=O) groups excluding carboxylic acids is 1. The van der Waals surface area contributed by atoms with Gasteiger partial charge in [-0.15, -0.1) is 11.3 Å². The maximum atomic E-state index is 13.9.